The highest BCUT2D eigenvalue weighted by Crippen LogP contribution is 2.26. The number of aryl methyl sites for hydroxylation is 3. The summed E-state index contributed by atoms with van der Waals surface area (Å²) in [6, 6.07) is 8.11. The van der Waals surface area contributed by atoms with Gasteiger partial charge in [0, 0.05) is 33.4 Å². The summed E-state index contributed by atoms with van der Waals surface area (Å²) in [7, 11) is 3.07. The number of nitrogens with zero attached hydrogens (tertiary/aromatic N) is 5. The number of aliphatic hydroxyl groups is 1. The third-order valence-electron chi connectivity index (χ3n) is 4.94. The van der Waals surface area contributed by atoms with Crippen molar-refractivity contribution >= 4 is 16.9 Å². The SMILES string of the molecule is Cc1ccc(-c2cn3c4c(=O)n(C)c(=O)n(C)c4nc3n2CCCO)cc1. The normalized spacial score (nSPS) is 11.7. The van der Waals surface area contributed by atoms with Gasteiger partial charge in [-0.3, -0.25) is 18.3 Å². The van der Waals surface area contributed by atoms with Crippen molar-refractivity contribution in [1.82, 2.24) is 23.1 Å². The molecular formula is C19H21N5O3. The molecule has 27 heavy (non-hydrogen) atoms. The fourth-order valence-corrected chi connectivity index (χ4v) is 3.42. The maximum atomic E-state index is 12.7. The van der Waals surface area contributed by atoms with Gasteiger partial charge < -0.3 is 9.67 Å². The topological polar surface area (TPSA) is 86.5 Å². The number of benzene rings is 1. The molecule has 1 aromatic carbocycles. The Hall–Kier alpha value is -3.13. The van der Waals surface area contributed by atoms with Gasteiger partial charge in [-0.1, -0.05) is 29.8 Å². The molecule has 0 amide bonds. The van der Waals surface area contributed by atoms with Crippen LogP contribution in [0.15, 0.2) is 40.1 Å². The first-order valence-corrected chi connectivity index (χ1v) is 8.79. The minimum Gasteiger partial charge on any atom is -0.396 e. The molecule has 0 aliphatic carbocycles. The first kappa shape index (κ1) is 17.3. The van der Waals surface area contributed by atoms with E-state index >= 15 is 0 Å². The van der Waals surface area contributed by atoms with Gasteiger partial charge in [0.25, 0.3) is 5.56 Å². The Kier molecular flexibility index (Phi) is 4.00. The smallest absolute Gasteiger partial charge is 0.332 e. The Morgan fingerprint density at radius 1 is 1.07 bits per heavy atom. The Bertz CT molecular complexity index is 1270. The summed E-state index contributed by atoms with van der Waals surface area (Å²) in [4.78, 5) is 29.5. The second-order valence-electron chi connectivity index (χ2n) is 6.77. The van der Waals surface area contributed by atoms with Crippen molar-refractivity contribution < 1.29 is 5.11 Å². The van der Waals surface area contributed by atoms with Crippen LogP contribution < -0.4 is 11.2 Å². The number of hydrogen-bond acceptors (Lipinski definition) is 4. The van der Waals surface area contributed by atoms with Gasteiger partial charge in [-0.05, 0) is 18.9 Å². The molecule has 140 valence electrons. The van der Waals surface area contributed by atoms with E-state index in [9.17, 15) is 14.7 Å². The van der Waals surface area contributed by atoms with E-state index in [1.54, 1.807) is 11.4 Å². The molecule has 4 rings (SSSR count). The maximum absolute atomic E-state index is 12.7. The second kappa shape index (κ2) is 6.24. The average molecular weight is 367 g/mol. The number of imidazole rings is 2. The highest BCUT2D eigenvalue weighted by molar-refractivity contribution is 5.78. The molecule has 8 heteroatoms. The minimum absolute atomic E-state index is 0.0537. The minimum atomic E-state index is -0.408. The lowest BCUT2D eigenvalue weighted by molar-refractivity contribution is 0.280. The van der Waals surface area contributed by atoms with Crippen LogP contribution in [0, 0.1) is 6.92 Å². The predicted octanol–water partition coefficient (Wildman–Crippen LogP) is 1.04. The van der Waals surface area contributed by atoms with E-state index in [2.05, 4.69) is 4.98 Å². The van der Waals surface area contributed by atoms with Gasteiger partial charge in [-0.2, -0.15) is 4.98 Å². The van der Waals surface area contributed by atoms with Gasteiger partial charge in [0.05, 0.1) is 5.69 Å². The lowest BCUT2D eigenvalue weighted by Crippen LogP contribution is -2.37. The van der Waals surface area contributed by atoms with E-state index in [1.165, 1.54) is 11.6 Å². The van der Waals surface area contributed by atoms with Crippen molar-refractivity contribution in [3.05, 3.63) is 56.9 Å². The van der Waals surface area contributed by atoms with E-state index in [0.717, 1.165) is 21.4 Å². The number of aromatic nitrogens is 5. The Morgan fingerprint density at radius 2 is 1.78 bits per heavy atom. The lowest BCUT2D eigenvalue weighted by atomic mass is 10.1. The second-order valence-corrected chi connectivity index (χ2v) is 6.77. The largest absolute Gasteiger partial charge is 0.396 e. The Balaban J connectivity index is 2.09. The summed E-state index contributed by atoms with van der Waals surface area (Å²) >= 11 is 0. The zero-order chi connectivity index (χ0) is 19.3. The number of aliphatic hydroxyl groups excluding tert-OH is 1. The Labute approximate surface area is 154 Å². The van der Waals surface area contributed by atoms with Gasteiger partial charge in [-0.15, -0.1) is 0 Å². The van der Waals surface area contributed by atoms with E-state index in [1.807, 2.05) is 42.0 Å². The maximum Gasteiger partial charge on any atom is 0.332 e. The molecule has 3 heterocycles. The molecule has 1 N–H and O–H groups in total. The van der Waals surface area contributed by atoms with Crippen LogP contribution in [0.25, 0.3) is 28.2 Å². The molecular weight excluding hydrogens is 346 g/mol. The molecule has 0 atom stereocenters. The van der Waals surface area contributed by atoms with Crippen molar-refractivity contribution in [2.75, 3.05) is 6.61 Å². The molecule has 0 unspecified atom stereocenters. The third kappa shape index (κ3) is 2.52. The molecule has 0 aliphatic rings. The molecule has 0 saturated carbocycles. The van der Waals surface area contributed by atoms with Crippen molar-refractivity contribution in [1.29, 1.82) is 0 Å². The molecule has 3 aromatic heterocycles. The van der Waals surface area contributed by atoms with Gasteiger partial charge in [-0.25, -0.2) is 4.79 Å². The molecule has 0 radical (unpaired) electrons. The molecule has 8 nitrogen and oxygen atoms in total. The van der Waals surface area contributed by atoms with E-state index in [4.69, 9.17) is 0 Å². The van der Waals surface area contributed by atoms with E-state index < -0.39 is 5.69 Å². The van der Waals surface area contributed by atoms with Gasteiger partial charge in [0.2, 0.25) is 5.78 Å². The molecule has 0 saturated heterocycles. The number of rotatable bonds is 4. The summed E-state index contributed by atoms with van der Waals surface area (Å²) in [6.45, 7) is 2.63. The summed E-state index contributed by atoms with van der Waals surface area (Å²) in [5.41, 5.74) is 3.00. The predicted molar refractivity (Wildman–Crippen MR) is 103 cm³/mol. The number of hydrogen-bond donors (Lipinski definition) is 1. The van der Waals surface area contributed by atoms with Gasteiger partial charge in [0.1, 0.15) is 0 Å². The molecule has 0 spiro atoms. The zero-order valence-electron chi connectivity index (χ0n) is 15.5. The monoisotopic (exact) mass is 367 g/mol. The lowest BCUT2D eigenvalue weighted by Gasteiger charge is -2.08. The summed E-state index contributed by atoms with van der Waals surface area (Å²) < 4.78 is 6.19. The average Bonchev–Trinajstić information content (AvgIpc) is 3.20. The first-order chi connectivity index (χ1) is 12.9. The summed E-state index contributed by atoms with van der Waals surface area (Å²) in [5.74, 6) is 0.576. The van der Waals surface area contributed by atoms with E-state index in [-0.39, 0.29) is 12.2 Å². The fraction of sp³-hybridized carbons (Fsp3) is 0.316. The molecule has 0 aliphatic heterocycles. The van der Waals surface area contributed by atoms with Crippen LogP contribution in [0.3, 0.4) is 0 Å². The quantitative estimate of drug-likeness (QED) is 0.584. The van der Waals surface area contributed by atoms with Crippen LogP contribution >= 0.6 is 0 Å². The first-order valence-electron chi connectivity index (χ1n) is 8.79. The molecule has 4 aromatic rings. The van der Waals surface area contributed by atoms with Crippen molar-refractivity contribution in [3.8, 4) is 11.3 Å². The fourth-order valence-electron chi connectivity index (χ4n) is 3.42. The number of fused-ring (bicyclic) bond motifs is 3. The summed E-state index contributed by atoms with van der Waals surface area (Å²) in [6.07, 6.45) is 2.43. The van der Waals surface area contributed by atoms with Crippen LogP contribution in [-0.2, 0) is 20.6 Å². The highest BCUT2D eigenvalue weighted by atomic mass is 16.3. The van der Waals surface area contributed by atoms with Crippen LogP contribution in [0.2, 0.25) is 0 Å². The van der Waals surface area contributed by atoms with Gasteiger partial charge in [0.15, 0.2) is 11.2 Å². The standard InChI is InChI=1S/C19H21N5O3/c1-12-5-7-13(8-6-12)14-11-24-15-16(20-18(24)23(14)9-4-10-25)21(2)19(27)22(3)17(15)26/h5-8,11,25H,4,9-10H2,1-3H3. The van der Waals surface area contributed by atoms with Crippen molar-refractivity contribution in [2.45, 2.75) is 19.9 Å². The zero-order valence-corrected chi connectivity index (χ0v) is 15.5. The Morgan fingerprint density at radius 3 is 2.44 bits per heavy atom. The summed E-state index contributed by atoms with van der Waals surface area (Å²) in [5, 5.41) is 9.30. The van der Waals surface area contributed by atoms with Gasteiger partial charge >= 0.3 is 5.69 Å². The highest BCUT2D eigenvalue weighted by Gasteiger charge is 2.20. The van der Waals surface area contributed by atoms with Crippen LogP contribution in [0.4, 0.5) is 0 Å². The van der Waals surface area contributed by atoms with Crippen molar-refractivity contribution in [2.24, 2.45) is 14.1 Å². The van der Waals surface area contributed by atoms with E-state index in [0.29, 0.717) is 29.9 Å². The third-order valence-corrected chi connectivity index (χ3v) is 4.94. The van der Waals surface area contributed by atoms with Crippen LogP contribution in [-0.4, -0.2) is 34.8 Å². The van der Waals surface area contributed by atoms with Crippen molar-refractivity contribution in [3.63, 3.8) is 0 Å². The molecule has 0 bridgehead atoms. The van der Waals surface area contributed by atoms with Crippen LogP contribution in [0.1, 0.15) is 12.0 Å². The molecule has 0 fully saturated rings. The van der Waals surface area contributed by atoms with Crippen LogP contribution in [0.5, 0.6) is 0 Å².